The van der Waals surface area contributed by atoms with Gasteiger partial charge in [0, 0.05) is 11.3 Å². The van der Waals surface area contributed by atoms with E-state index in [1.165, 1.54) is 31.4 Å². The molecular formula is C18H22N2O. The molecule has 0 radical (unpaired) electrons. The van der Waals surface area contributed by atoms with Crippen molar-refractivity contribution in [2.75, 3.05) is 0 Å². The molecule has 3 heteroatoms. The zero-order chi connectivity index (χ0) is 14.4. The predicted octanol–water partition coefficient (Wildman–Crippen LogP) is 3.38. The number of benzene rings is 1. The summed E-state index contributed by atoms with van der Waals surface area (Å²) in [6.07, 6.45) is 7.24. The number of para-hydroxylation sites is 1. The Bertz CT molecular complexity index is 717. The lowest BCUT2D eigenvalue weighted by Crippen LogP contribution is -2.18. The quantitative estimate of drug-likeness (QED) is 0.897. The smallest absolute Gasteiger partial charge is 0.274 e. The summed E-state index contributed by atoms with van der Waals surface area (Å²) in [5.41, 5.74) is 4.54. The molecule has 0 unspecified atom stereocenters. The molecule has 1 N–H and O–H groups in total. The van der Waals surface area contributed by atoms with Gasteiger partial charge in [-0.2, -0.15) is 0 Å². The van der Waals surface area contributed by atoms with Crippen molar-refractivity contribution in [1.82, 2.24) is 9.78 Å². The fourth-order valence-corrected chi connectivity index (χ4v) is 3.10. The largest absolute Gasteiger partial charge is 0.295 e. The predicted molar refractivity (Wildman–Crippen MR) is 84.0 cm³/mol. The van der Waals surface area contributed by atoms with Crippen molar-refractivity contribution < 1.29 is 0 Å². The molecule has 1 aromatic heterocycles. The minimum atomic E-state index is 0.173. The second-order valence-corrected chi connectivity index (χ2v) is 6.79. The van der Waals surface area contributed by atoms with Crippen molar-refractivity contribution in [1.29, 1.82) is 0 Å². The van der Waals surface area contributed by atoms with E-state index >= 15 is 0 Å². The highest BCUT2D eigenvalue weighted by atomic mass is 16.1. The van der Waals surface area contributed by atoms with Gasteiger partial charge in [-0.3, -0.25) is 9.89 Å². The fourth-order valence-electron chi connectivity index (χ4n) is 3.10. The third-order valence-corrected chi connectivity index (χ3v) is 4.81. The molecule has 21 heavy (non-hydrogen) atoms. The molecule has 2 saturated carbocycles. The Kier molecular flexibility index (Phi) is 3.02. The molecule has 3 nitrogen and oxygen atoms in total. The number of nitrogens with one attached hydrogen (secondary N) is 1. The first-order chi connectivity index (χ1) is 10.2. The van der Waals surface area contributed by atoms with Crippen LogP contribution in [0.4, 0.5) is 0 Å². The van der Waals surface area contributed by atoms with Crippen molar-refractivity contribution in [2.24, 2.45) is 11.8 Å². The molecule has 1 heterocycles. The van der Waals surface area contributed by atoms with Crippen molar-refractivity contribution >= 4 is 0 Å². The monoisotopic (exact) mass is 282 g/mol. The molecule has 2 aliphatic carbocycles. The number of aromatic nitrogens is 2. The normalized spacial score (nSPS) is 18.1. The molecule has 2 fully saturated rings. The van der Waals surface area contributed by atoms with Gasteiger partial charge in [0.25, 0.3) is 5.56 Å². The average molecular weight is 282 g/mol. The topological polar surface area (TPSA) is 37.8 Å². The Morgan fingerprint density at radius 3 is 2.43 bits per heavy atom. The van der Waals surface area contributed by atoms with Crippen LogP contribution in [0.15, 0.2) is 29.1 Å². The van der Waals surface area contributed by atoms with Gasteiger partial charge < -0.3 is 0 Å². The summed E-state index contributed by atoms with van der Waals surface area (Å²) in [7, 11) is 0. The molecular weight excluding hydrogens is 260 g/mol. The average Bonchev–Trinajstić information content (AvgIpc) is 3.36. The highest BCUT2D eigenvalue weighted by Gasteiger charge is 2.29. The summed E-state index contributed by atoms with van der Waals surface area (Å²) in [6, 6.07) is 8.10. The molecule has 2 aromatic rings. The summed E-state index contributed by atoms with van der Waals surface area (Å²) in [5.74, 6) is 1.54. The van der Waals surface area contributed by atoms with Crippen molar-refractivity contribution in [3.05, 3.63) is 51.4 Å². The van der Waals surface area contributed by atoms with Crippen LogP contribution in [-0.4, -0.2) is 9.78 Å². The molecule has 0 saturated heterocycles. The lowest BCUT2D eigenvalue weighted by Gasteiger charge is -2.05. The first-order valence-electron chi connectivity index (χ1n) is 8.11. The number of rotatable bonds is 5. The van der Waals surface area contributed by atoms with E-state index < -0.39 is 0 Å². The van der Waals surface area contributed by atoms with Crippen LogP contribution in [0.25, 0.3) is 5.69 Å². The van der Waals surface area contributed by atoms with Gasteiger partial charge in [-0.25, -0.2) is 4.68 Å². The lowest BCUT2D eigenvalue weighted by atomic mass is 10.1. The minimum absolute atomic E-state index is 0.173. The molecule has 2 aliphatic rings. The van der Waals surface area contributed by atoms with Crippen LogP contribution in [0.3, 0.4) is 0 Å². The second-order valence-electron chi connectivity index (χ2n) is 6.79. The number of aryl methyl sites for hydroxylation is 1. The second kappa shape index (κ2) is 4.90. The fraction of sp³-hybridized carbons (Fsp3) is 0.500. The van der Waals surface area contributed by atoms with Gasteiger partial charge in [0.15, 0.2) is 0 Å². The Morgan fingerprint density at radius 2 is 1.76 bits per heavy atom. The molecule has 4 rings (SSSR count). The van der Waals surface area contributed by atoms with Gasteiger partial charge in [0.1, 0.15) is 0 Å². The Hall–Kier alpha value is -1.77. The Morgan fingerprint density at radius 1 is 1.10 bits per heavy atom. The van der Waals surface area contributed by atoms with Crippen molar-refractivity contribution in [2.45, 2.75) is 45.4 Å². The third kappa shape index (κ3) is 2.57. The maximum absolute atomic E-state index is 12.8. The number of H-pyrrole nitrogens is 1. The van der Waals surface area contributed by atoms with Crippen LogP contribution >= 0.6 is 0 Å². The molecule has 0 atom stereocenters. The molecule has 0 amide bonds. The summed E-state index contributed by atoms with van der Waals surface area (Å²) >= 11 is 0. The van der Waals surface area contributed by atoms with Crippen LogP contribution in [0.2, 0.25) is 0 Å². The highest BCUT2D eigenvalue weighted by molar-refractivity contribution is 5.40. The first-order valence-corrected chi connectivity index (χ1v) is 8.11. The van der Waals surface area contributed by atoms with Gasteiger partial charge >= 0.3 is 0 Å². The SMILES string of the molecule is Cc1ccccc1-n1[nH]c(CC2CC2)c(CC2CC2)c1=O. The maximum atomic E-state index is 12.8. The van der Waals surface area contributed by atoms with Gasteiger partial charge in [-0.1, -0.05) is 18.2 Å². The summed E-state index contributed by atoms with van der Waals surface area (Å²) in [6.45, 7) is 2.06. The number of hydrogen-bond acceptors (Lipinski definition) is 1. The van der Waals surface area contributed by atoms with E-state index in [9.17, 15) is 4.79 Å². The maximum Gasteiger partial charge on any atom is 0.274 e. The molecule has 0 spiro atoms. The van der Waals surface area contributed by atoms with Crippen LogP contribution in [0, 0.1) is 18.8 Å². The van der Waals surface area contributed by atoms with Gasteiger partial charge in [-0.05, 0) is 68.9 Å². The Labute approximate surface area is 125 Å². The van der Waals surface area contributed by atoms with E-state index in [4.69, 9.17) is 0 Å². The van der Waals surface area contributed by atoms with E-state index in [1.54, 1.807) is 4.68 Å². The molecule has 1 aromatic carbocycles. The lowest BCUT2D eigenvalue weighted by molar-refractivity contribution is 0.747. The van der Waals surface area contributed by atoms with Crippen molar-refractivity contribution in [3.8, 4) is 5.69 Å². The molecule has 0 aliphatic heterocycles. The summed E-state index contributed by atoms with van der Waals surface area (Å²) < 4.78 is 1.77. The zero-order valence-corrected chi connectivity index (χ0v) is 12.6. The van der Waals surface area contributed by atoms with Gasteiger partial charge in [0.2, 0.25) is 0 Å². The van der Waals surface area contributed by atoms with Gasteiger partial charge in [-0.15, -0.1) is 0 Å². The zero-order valence-electron chi connectivity index (χ0n) is 12.6. The highest BCUT2D eigenvalue weighted by Crippen LogP contribution is 2.36. The molecule has 110 valence electrons. The number of nitrogens with zero attached hydrogens (tertiary/aromatic N) is 1. The third-order valence-electron chi connectivity index (χ3n) is 4.81. The Balaban J connectivity index is 1.77. The van der Waals surface area contributed by atoms with E-state index in [2.05, 4.69) is 18.1 Å². The number of hydrogen-bond donors (Lipinski definition) is 1. The van der Waals surface area contributed by atoms with E-state index in [1.807, 2.05) is 18.2 Å². The minimum Gasteiger partial charge on any atom is -0.295 e. The van der Waals surface area contributed by atoms with E-state index in [0.717, 1.165) is 41.5 Å². The standard InChI is InChI=1S/C18H22N2O/c1-12-4-2-3-5-17(12)20-18(21)15(10-13-6-7-13)16(19-20)11-14-8-9-14/h2-5,13-14,19H,6-11H2,1H3. The van der Waals surface area contributed by atoms with E-state index in [-0.39, 0.29) is 5.56 Å². The van der Waals surface area contributed by atoms with Crippen molar-refractivity contribution in [3.63, 3.8) is 0 Å². The van der Waals surface area contributed by atoms with E-state index in [0.29, 0.717) is 0 Å². The van der Waals surface area contributed by atoms with Crippen LogP contribution in [-0.2, 0) is 12.8 Å². The van der Waals surface area contributed by atoms with Gasteiger partial charge in [0.05, 0.1) is 5.69 Å². The van der Waals surface area contributed by atoms with Crippen LogP contribution < -0.4 is 5.56 Å². The first kappa shape index (κ1) is 12.9. The number of aromatic amines is 1. The van der Waals surface area contributed by atoms with Crippen LogP contribution in [0.5, 0.6) is 0 Å². The summed E-state index contributed by atoms with van der Waals surface area (Å²) in [4.78, 5) is 12.8. The van der Waals surface area contributed by atoms with Crippen LogP contribution in [0.1, 0.15) is 42.5 Å². The molecule has 0 bridgehead atoms. The summed E-state index contributed by atoms with van der Waals surface area (Å²) in [5, 5.41) is 3.42.